The lowest BCUT2D eigenvalue weighted by Gasteiger charge is -2.17. The summed E-state index contributed by atoms with van der Waals surface area (Å²) >= 11 is 0. The molecule has 0 spiro atoms. The molecular formula is C20H19N3O3. The molecule has 1 amide bonds. The Bertz CT molecular complexity index is 828. The standard InChI is InChI=1S/C20H19N3O3/c1-26-16-7-5-14(6-8-16)12-23-13-15(10-19(23)24)20(25)17(11-21)18-4-2-3-9-22-18/h2-9,15,17H,10,12-13H2,1H3/t15-,17-/m0/s1. The first-order chi connectivity index (χ1) is 12.6. The Kier molecular flexibility index (Phi) is 5.28. The summed E-state index contributed by atoms with van der Waals surface area (Å²) in [6.07, 6.45) is 1.70. The summed E-state index contributed by atoms with van der Waals surface area (Å²) in [7, 11) is 1.60. The number of Topliss-reactive ketones (excluding diaryl/α,β-unsaturated/α-hetero) is 1. The number of carbonyl (C=O) groups excluding carboxylic acids is 2. The second-order valence-corrected chi connectivity index (χ2v) is 6.24. The van der Waals surface area contributed by atoms with Crippen LogP contribution in [0, 0.1) is 17.2 Å². The number of nitriles is 1. The van der Waals surface area contributed by atoms with E-state index in [1.54, 1.807) is 36.4 Å². The zero-order valence-corrected chi connectivity index (χ0v) is 14.5. The van der Waals surface area contributed by atoms with Gasteiger partial charge in [0.15, 0.2) is 5.78 Å². The highest BCUT2D eigenvalue weighted by molar-refractivity contribution is 5.95. The summed E-state index contributed by atoms with van der Waals surface area (Å²) in [5.41, 5.74) is 1.40. The number of aromatic nitrogens is 1. The van der Waals surface area contributed by atoms with Gasteiger partial charge < -0.3 is 9.64 Å². The highest BCUT2D eigenvalue weighted by Crippen LogP contribution is 2.27. The van der Waals surface area contributed by atoms with Gasteiger partial charge in [-0.1, -0.05) is 18.2 Å². The van der Waals surface area contributed by atoms with Crippen molar-refractivity contribution in [1.29, 1.82) is 5.26 Å². The summed E-state index contributed by atoms with van der Waals surface area (Å²) in [4.78, 5) is 30.8. The van der Waals surface area contributed by atoms with Crippen LogP contribution >= 0.6 is 0 Å². The van der Waals surface area contributed by atoms with Crippen molar-refractivity contribution in [3.8, 4) is 11.8 Å². The fourth-order valence-electron chi connectivity index (χ4n) is 3.12. The van der Waals surface area contributed by atoms with Crippen molar-refractivity contribution >= 4 is 11.7 Å². The molecular weight excluding hydrogens is 330 g/mol. The third-order valence-corrected chi connectivity index (χ3v) is 4.55. The minimum atomic E-state index is -0.935. The second-order valence-electron chi connectivity index (χ2n) is 6.24. The van der Waals surface area contributed by atoms with Gasteiger partial charge in [0.05, 0.1) is 18.9 Å². The van der Waals surface area contributed by atoms with Gasteiger partial charge in [-0.25, -0.2) is 0 Å². The van der Waals surface area contributed by atoms with Crippen LogP contribution in [0.15, 0.2) is 48.7 Å². The number of ketones is 1. The minimum Gasteiger partial charge on any atom is -0.497 e. The van der Waals surface area contributed by atoms with Crippen molar-refractivity contribution in [3.05, 3.63) is 59.9 Å². The first-order valence-electron chi connectivity index (χ1n) is 8.37. The van der Waals surface area contributed by atoms with Crippen molar-refractivity contribution < 1.29 is 14.3 Å². The molecule has 6 heteroatoms. The first kappa shape index (κ1) is 17.6. The van der Waals surface area contributed by atoms with E-state index in [9.17, 15) is 14.9 Å². The molecule has 1 saturated heterocycles. The van der Waals surface area contributed by atoms with Crippen LogP contribution in [-0.4, -0.2) is 35.2 Å². The Morgan fingerprint density at radius 1 is 1.35 bits per heavy atom. The molecule has 1 aromatic heterocycles. The van der Waals surface area contributed by atoms with E-state index in [4.69, 9.17) is 4.74 Å². The lowest BCUT2D eigenvalue weighted by Crippen LogP contribution is -2.27. The zero-order chi connectivity index (χ0) is 18.5. The number of hydrogen-bond donors (Lipinski definition) is 0. The van der Waals surface area contributed by atoms with Crippen LogP contribution in [0.1, 0.15) is 23.6 Å². The van der Waals surface area contributed by atoms with Crippen LogP contribution in [0.5, 0.6) is 5.75 Å². The fourth-order valence-corrected chi connectivity index (χ4v) is 3.12. The zero-order valence-electron chi connectivity index (χ0n) is 14.5. The largest absolute Gasteiger partial charge is 0.497 e. The van der Waals surface area contributed by atoms with Crippen molar-refractivity contribution in [2.24, 2.45) is 5.92 Å². The third-order valence-electron chi connectivity index (χ3n) is 4.55. The Morgan fingerprint density at radius 3 is 2.73 bits per heavy atom. The summed E-state index contributed by atoms with van der Waals surface area (Å²) in [5, 5.41) is 9.41. The fraction of sp³-hybridized carbons (Fsp3) is 0.300. The lowest BCUT2D eigenvalue weighted by atomic mass is 9.90. The molecule has 0 bridgehead atoms. The summed E-state index contributed by atoms with van der Waals surface area (Å²) < 4.78 is 5.13. The number of likely N-dealkylation sites (tertiary alicyclic amines) is 1. The van der Waals surface area contributed by atoms with Gasteiger partial charge in [-0.2, -0.15) is 5.26 Å². The SMILES string of the molecule is COc1ccc(CN2C[C@@H](C(=O)[C@@H](C#N)c3ccccn3)CC2=O)cc1. The summed E-state index contributed by atoms with van der Waals surface area (Å²) in [5.74, 6) is -0.974. The van der Waals surface area contributed by atoms with E-state index in [0.29, 0.717) is 18.8 Å². The molecule has 3 rings (SSSR count). The van der Waals surface area contributed by atoms with Crippen LogP contribution < -0.4 is 4.74 Å². The van der Waals surface area contributed by atoms with Crippen LogP contribution in [0.2, 0.25) is 0 Å². The average molecular weight is 349 g/mol. The second kappa shape index (κ2) is 7.79. The van der Waals surface area contributed by atoms with Crippen molar-refractivity contribution in [2.75, 3.05) is 13.7 Å². The highest BCUT2D eigenvalue weighted by Gasteiger charge is 2.38. The van der Waals surface area contributed by atoms with Gasteiger partial charge in [0.25, 0.3) is 0 Å². The van der Waals surface area contributed by atoms with Gasteiger partial charge in [-0.05, 0) is 29.8 Å². The van der Waals surface area contributed by atoms with Gasteiger partial charge in [0.2, 0.25) is 5.91 Å². The molecule has 0 N–H and O–H groups in total. The topological polar surface area (TPSA) is 83.3 Å². The van der Waals surface area contributed by atoms with Crippen LogP contribution in [-0.2, 0) is 16.1 Å². The molecule has 0 aliphatic carbocycles. The molecule has 1 fully saturated rings. The molecule has 0 saturated carbocycles. The number of benzene rings is 1. The van der Waals surface area contributed by atoms with Crippen molar-refractivity contribution in [3.63, 3.8) is 0 Å². The molecule has 26 heavy (non-hydrogen) atoms. The number of pyridine rings is 1. The average Bonchev–Trinajstić information content (AvgIpc) is 3.04. The molecule has 2 aromatic rings. The van der Waals surface area contributed by atoms with E-state index in [1.807, 2.05) is 30.3 Å². The maximum atomic E-state index is 12.7. The Labute approximate surface area is 152 Å². The van der Waals surface area contributed by atoms with Gasteiger partial charge in [-0.15, -0.1) is 0 Å². The van der Waals surface area contributed by atoms with Crippen molar-refractivity contribution in [2.45, 2.75) is 18.9 Å². The number of carbonyl (C=O) groups is 2. The van der Waals surface area contributed by atoms with Gasteiger partial charge >= 0.3 is 0 Å². The molecule has 1 aliphatic heterocycles. The first-order valence-corrected chi connectivity index (χ1v) is 8.37. The van der Waals surface area contributed by atoms with E-state index in [2.05, 4.69) is 4.98 Å². The van der Waals surface area contributed by atoms with E-state index in [0.717, 1.165) is 11.3 Å². The number of rotatable bonds is 6. The maximum absolute atomic E-state index is 12.7. The van der Waals surface area contributed by atoms with Crippen molar-refractivity contribution in [1.82, 2.24) is 9.88 Å². The van der Waals surface area contributed by atoms with Crippen LogP contribution in [0.25, 0.3) is 0 Å². The predicted molar refractivity (Wildman–Crippen MR) is 94.1 cm³/mol. The maximum Gasteiger partial charge on any atom is 0.223 e. The molecule has 2 atom stereocenters. The number of methoxy groups -OCH3 is 1. The van der Waals surface area contributed by atoms with Crippen LogP contribution in [0.3, 0.4) is 0 Å². The van der Waals surface area contributed by atoms with Gasteiger partial charge in [-0.3, -0.25) is 14.6 Å². The number of hydrogen-bond acceptors (Lipinski definition) is 5. The molecule has 0 unspecified atom stereocenters. The van der Waals surface area contributed by atoms with E-state index in [1.165, 1.54) is 0 Å². The Hall–Kier alpha value is -3.20. The lowest BCUT2D eigenvalue weighted by molar-refractivity contribution is -0.129. The molecule has 1 aromatic carbocycles. The third kappa shape index (κ3) is 3.72. The Morgan fingerprint density at radius 2 is 2.12 bits per heavy atom. The quantitative estimate of drug-likeness (QED) is 0.799. The van der Waals surface area contributed by atoms with E-state index in [-0.39, 0.29) is 18.1 Å². The highest BCUT2D eigenvalue weighted by atomic mass is 16.5. The number of amides is 1. The summed E-state index contributed by atoms with van der Waals surface area (Å²) in [6.45, 7) is 0.766. The number of nitrogens with zero attached hydrogens (tertiary/aromatic N) is 3. The minimum absolute atomic E-state index is 0.0723. The monoisotopic (exact) mass is 349 g/mol. The molecule has 2 heterocycles. The smallest absolute Gasteiger partial charge is 0.223 e. The molecule has 132 valence electrons. The number of ether oxygens (including phenoxy) is 1. The van der Waals surface area contributed by atoms with Gasteiger partial charge in [0.1, 0.15) is 11.7 Å². The summed E-state index contributed by atoms with van der Waals surface area (Å²) in [6, 6.07) is 14.6. The molecule has 6 nitrogen and oxygen atoms in total. The Balaban J connectivity index is 1.68. The van der Waals surface area contributed by atoms with Crippen LogP contribution in [0.4, 0.5) is 0 Å². The molecule has 1 aliphatic rings. The molecule has 0 radical (unpaired) electrons. The predicted octanol–water partition coefficient (Wildman–Crippen LogP) is 2.32. The van der Waals surface area contributed by atoms with Gasteiger partial charge in [0, 0.05) is 31.6 Å². The van der Waals surface area contributed by atoms with E-state index < -0.39 is 11.8 Å². The van der Waals surface area contributed by atoms with E-state index >= 15 is 0 Å². The normalized spacial score (nSPS) is 17.6.